The van der Waals surface area contributed by atoms with E-state index in [1.54, 1.807) is 0 Å². The van der Waals surface area contributed by atoms with Crippen LogP contribution >= 0.6 is 0 Å². The molecule has 0 radical (unpaired) electrons. The number of hydrogen-bond donors (Lipinski definition) is 1. The van der Waals surface area contributed by atoms with Crippen molar-refractivity contribution in [2.24, 2.45) is 11.8 Å². The molecule has 0 amide bonds. The number of aromatic nitrogens is 2. The molecule has 3 aromatic rings. The Hall–Kier alpha value is -2.91. The molecule has 1 fully saturated rings. The molecule has 2 atom stereocenters. The van der Waals surface area contributed by atoms with Crippen LogP contribution in [0.4, 0.5) is 0 Å². The third-order valence-corrected chi connectivity index (χ3v) is 5.84. The number of aromatic amines is 1. The van der Waals surface area contributed by atoms with Crippen molar-refractivity contribution in [3.05, 3.63) is 96.1 Å². The summed E-state index contributed by atoms with van der Waals surface area (Å²) in [4.78, 5) is 7.88. The van der Waals surface area contributed by atoms with Crippen LogP contribution in [0.5, 0.6) is 0 Å². The molecule has 2 unspecified atom stereocenters. The fraction of sp³-hybridized carbons (Fsp3) is 0.269. The van der Waals surface area contributed by atoms with Gasteiger partial charge in [-0.3, -0.25) is 0 Å². The average molecular weight is 383 g/mol. The molecule has 3 heteroatoms. The number of nitrogens with one attached hydrogen (secondary N) is 1. The number of allylic oxidation sites excluding steroid dienone is 4. The lowest BCUT2D eigenvalue weighted by Crippen LogP contribution is -2.00. The van der Waals surface area contributed by atoms with Crippen molar-refractivity contribution in [2.75, 3.05) is 6.61 Å². The fourth-order valence-electron chi connectivity index (χ4n) is 4.05. The topological polar surface area (TPSA) is 37.9 Å². The second kappa shape index (κ2) is 8.22. The van der Waals surface area contributed by atoms with Crippen molar-refractivity contribution in [3.63, 3.8) is 0 Å². The van der Waals surface area contributed by atoms with Crippen molar-refractivity contribution < 1.29 is 4.74 Å². The molecule has 5 rings (SSSR count). The van der Waals surface area contributed by atoms with Crippen molar-refractivity contribution in [1.29, 1.82) is 0 Å². The molecule has 1 heterocycles. The standard InChI is InChI=1S/C26H26N2O/c1-2-5-20(6-3-1)21-10-8-19(9-11-21)17-29-14-4-7-25-26(28-18-27-25)23-13-12-22-15-24(22)16-23/h1-3,5-6,8-13,16,18,22,24H,4,7,14-15,17H2,(H,27,28). The van der Waals surface area contributed by atoms with Crippen molar-refractivity contribution >= 4 is 5.57 Å². The van der Waals surface area contributed by atoms with E-state index in [0.717, 1.165) is 37.0 Å². The van der Waals surface area contributed by atoms with Gasteiger partial charge in [-0.15, -0.1) is 0 Å². The van der Waals surface area contributed by atoms with Gasteiger partial charge in [-0.25, -0.2) is 4.98 Å². The number of nitrogens with zero attached hydrogens (tertiary/aromatic N) is 1. The quantitative estimate of drug-likeness (QED) is 0.499. The summed E-state index contributed by atoms with van der Waals surface area (Å²) in [5, 5.41) is 0. The lowest BCUT2D eigenvalue weighted by atomic mass is 10.0. The zero-order valence-electron chi connectivity index (χ0n) is 16.6. The van der Waals surface area contributed by atoms with Gasteiger partial charge in [-0.1, -0.05) is 72.8 Å². The number of fused-ring (bicyclic) bond motifs is 1. The molecule has 1 saturated carbocycles. The fourth-order valence-corrected chi connectivity index (χ4v) is 4.05. The summed E-state index contributed by atoms with van der Waals surface area (Å²) in [5.41, 5.74) is 7.31. The van der Waals surface area contributed by atoms with E-state index in [2.05, 4.69) is 76.7 Å². The van der Waals surface area contributed by atoms with E-state index >= 15 is 0 Å². The minimum atomic E-state index is 0.655. The first-order valence-electron chi connectivity index (χ1n) is 10.5. The van der Waals surface area contributed by atoms with Gasteiger partial charge in [0.1, 0.15) is 0 Å². The second-order valence-electron chi connectivity index (χ2n) is 7.99. The van der Waals surface area contributed by atoms with Crippen LogP contribution in [0.2, 0.25) is 0 Å². The molecule has 0 spiro atoms. The van der Waals surface area contributed by atoms with Gasteiger partial charge in [-0.2, -0.15) is 0 Å². The minimum absolute atomic E-state index is 0.655. The van der Waals surface area contributed by atoms with Crippen LogP contribution in [-0.4, -0.2) is 16.6 Å². The van der Waals surface area contributed by atoms with Gasteiger partial charge in [0.2, 0.25) is 0 Å². The molecule has 2 aliphatic rings. The number of benzene rings is 2. The maximum absolute atomic E-state index is 5.91. The highest BCUT2D eigenvalue weighted by Gasteiger charge is 2.35. The Morgan fingerprint density at radius 3 is 2.62 bits per heavy atom. The third kappa shape index (κ3) is 4.25. The van der Waals surface area contributed by atoms with E-state index in [1.807, 2.05) is 12.4 Å². The van der Waals surface area contributed by atoms with Crippen LogP contribution in [0.25, 0.3) is 16.7 Å². The molecule has 29 heavy (non-hydrogen) atoms. The number of imidazole rings is 1. The van der Waals surface area contributed by atoms with Crippen LogP contribution < -0.4 is 0 Å². The summed E-state index contributed by atoms with van der Waals surface area (Å²) in [7, 11) is 0. The minimum Gasteiger partial charge on any atom is -0.377 e. The van der Waals surface area contributed by atoms with Gasteiger partial charge >= 0.3 is 0 Å². The van der Waals surface area contributed by atoms with Crippen molar-refractivity contribution in [3.8, 4) is 11.1 Å². The first-order valence-corrected chi connectivity index (χ1v) is 10.5. The lowest BCUT2D eigenvalue weighted by molar-refractivity contribution is 0.118. The Morgan fingerprint density at radius 1 is 0.966 bits per heavy atom. The van der Waals surface area contributed by atoms with Gasteiger partial charge in [0, 0.05) is 12.3 Å². The highest BCUT2D eigenvalue weighted by molar-refractivity contribution is 5.75. The van der Waals surface area contributed by atoms with Gasteiger partial charge in [0.25, 0.3) is 0 Å². The van der Waals surface area contributed by atoms with E-state index in [1.165, 1.54) is 34.4 Å². The molecule has 2 aliphatic carbocycles. The Balaban J connectivity index is 1.09. The molecular weight excluding hydrogens is 356 g/mol. The second-order valence-corrected chi connectivity index (χ2v) is 7.99. The maximum Gasteiger partial charge on any atom is 0.0929 e. The molecule has 2 aromatic carbocycles. The monoisotopic (exact) mass is 382 g/mol. The highest BCUT2D eigenvalue weighted by atomic mass is 16.5. The van der Waals surface area contributed by atoms with E-state index in [0.29, 0.717) is 6.61 Å². The van der Waals surface area contributed by atoms with E-state index < -0.39 is 0 Å². The number of ether oxygens (including phenoxy) is 1. The third-order valence-electron chi connectivity index (χ3n) is 5.84. The Kier molecular flexibility index (Phi) is 5.14. The molecule has 3 nitrogen and oxygen atoms in total. The first kappa shape index (κ1) is 18.1. The summed E-state index contributed by atoms with van der Waals surface area (Å²) in [5.74, 6) is 1.53. The predicted octanol–water partition coefficient (Wildman–Crippen LogP) is 5.82. The molecule has 0 aliphatic heterocycles. The number of H-pyrrole nitrogens is 1. The van der Waals surface area contributed by atoms with Gasteiger partial charge < -0.3 is 9.72 Å². The molecule has 146 valence electrons. The van der Waals surface area contributed by atoms with Gasteiger partial charge in [0.05, 0.1) is 18.6 Å². The first-order chi connectivity index (χ1) is 14.4. The largest absolute Gasteiger partial charge is 0.377 e. The zero-order valence-corrected chi connectivity index (χ0v) is 16.6. The van der Waals surface area contributed by atoms with Crippen LogP contribution in [0.3, 0.4) is 0 Å². The molecule has 0 saturated heterocycles. The molecular formula is C26H26N2O. The average Bonchev–Trinajstić information content (AvgIpc) is 3.41. The molecule has 1 aromatic heterocycles. The predicted molar refractivity (Wildman–Crippen MR) is 117 cm³/mol. The lowest BCUT2D eigenvalue weighted by Gasteiger charge is -2.08. The van der Waals surface area contributed by atoms with Gasteiger partial charge in [0.15, 0.2) is 0 Å². The normalized spacial score (nSPS) is 19.7. The van der Waals surface area contributed by atoms with Crippen LogP contribution in [0.1, 0.15) is 29.8 Å². The summed E-state index contributed by atoms with van der Waals surface area (Å²) in [6, 6.07) is 19.1. The van der Waals surface area contributed by atoms with Gasteiger partial charge in [-0.05, 0) is 53.4 Å². The Bertz CT molecular complexity index is 1010. The zero-order chi connectivity index (χ0) is 19.5. The summed E-state index contributed by atoms with van der Waals surface area (Å²) >= 11 is 0. The highest BCUT2D eigenvalue weighted by Crippen LogP contribution is 2.46. The Labute approximate surface area is 172 Å². The maximum atomic E-state index is 5.91. The van der Waals surface area contributed by atoms with E-state index in [9.17, 15) is 0 Å². The van der Waals surface area contributed by atoms with Crippen molar-refractivity contribution in [1.82, 2.24) is 9.97 Å². The Morgan fingerprint density at radius 2 is 1.79 bits per heavy atom. The summed E-state index contributed by atoms with van der Waals surface area (Å²) < 4.78 is 5.91. The SMILES string of the molecule is C1=CC2CC2C=C1c1nc[nH]c1CCCOCc1ccc(-c2ccccc2)cc1. The van der Waals surface area contributed by atoms with Crippen LogP contribution in [0, 0.1) is 11.8 Å². The number of aryl methyl sites for hydroxylation is 1. The smallest absolute Gasteiger partial charge is 0.0929 e. The van der Waals surface area contributed by atoms with Crippen LogP contribution in [0.15, 0.2) is 79.2 Å². The summed E-state index contributed by atoms with van der Waals surface area (Å²) in [6.07, 6.45) is 12.0. The molecule has 0 bridgehead atoms. The van der Waals surface area contributed by atoms with Crippen LogP contribution in [-0.2, 0) is 17.8 Å². The van der Waals surface area contributed by atoms with Crippen molar-refractivity contribution in [2.45, 2.75) is 25.9 Å². The number of rotatable bonds is 8. The number of hydrogen-bond acceptors (Lipinski definition) is 2. The summed E-state index contributed by atoms with van der Waals surface area (Å²) in [6.45, 7) is 1.40. The van der Waals surface area contributed by atoms with E-state index in [4.69, 9.17) is 4.74 Å². The molecule has 1 N–H and O–H groups in total. The van der Waals surface area contributed by atoms with E-state index in [-0.39, 0.29) is 0 Å².